The molecular weight excluding hydrogens is 486 g/mol. The number of benzene rings is 2. The second-order valence-corrected chi connectivity index (χ2v) is 9.48. The van der Waals surface area contributed by atoms with Crippen LogP contribution in [0.15, 0.2) is 87.1 Å². The van der Waals surface area contributed by atoms with Crippen molar-refractivity contribution in [3.63, 3.8) is 0 Å². The first-order chi connectivity index (χ1) is 16.8. The summed E-state index contributed by atoms with van der Waals surface area (Å²) in [5.41, 5.74) is 1.82. The Morgan fingerprint density at radius 3 is 2.54 bits per heavy atom. The molecule has 1 atom stereocenters. The lowest BCUT2D eigenvalue weighted by Gasteiger charge is -2.24. The van der Waals surface area contributed by atoms with E-state index in [9.17, 15) is 19.7 Å². The van der Waals surface area contributed by atoms with E-state index in [4.69, 9.17) is 4.74 Å². The van der Waals surface area contributed by atoms with Gasteiger partial charge in [-0.2, -0.15) is 0 Å². The molecule has 1 aliphatic rings. The van der Waals surface area contributed by atoms with Crippen LogP contribution in [0.25, 0.3) is 6.08 Å². The van der Waals surface area contributed by atoms with Gasteiger partial charge in [0.15, 0.2) is 4.80 Å². The van der Waals surface area contributed by atoms with E-state index in [0.29, 0.717) is 20.6 Å². The normalized spacial score (nSPS) is 15.4. The van der Waals surface area contributed by atoms with Gasteiger partial charge in [-0.15, -0.1) is 11.8 Å². The average Bonchev–Trinajstić information content (AvgIpc) is 3.16. The molecule has 0 radical (unpaired) electrons. The first-order valence-electron chi connectivity index (χ1n) is 10.5. The smallest absolute Gasteiger partial charge is 0.338 e. The number of thioether (sulfide) groups is 1. The molecule has 0 N–H and O–H groups in total. The number of ether oxygens (including phenoxy) is 1. The quantitative estimate of drug-likeness (QED) is 0.159. The molecule has 1 aromatic heterocycles. The van der Waals surface area contributed by atoms with Crippen LogP contribution in [0.4, 0.5) is 5.69 Å². The highest BCUT2D eigenvalue weighted by Gasteiger charge is 2.33. The molecule has 178 valence electrons. The van der Waals surface area contributed by atoms with Gasteiger partial charge in [-0.05, 0) is 54.6 Å². The summed E-state index contributed by atoms with van der Waals surface area (Å²) in [5.74, 6) is -0.560. The van der Waals surface area contributed by atoms with Crippen molar-refractivity contribution in [2.45, 2.75) is 17.9 Å². The number of carbonyl (C=O) groups excluding carboxylic acids is 1. The van der Waals surface area contributed by atoms with Crippen molar-refractivity contribution in [3.05, 3.63) is 113 Å². The summed E-state index contributed by atoms with van der Waals surface area (Å²) in [5, 5.41) is 10.9. The molecule has 10 heteroatoms. The average molecular weight is 508 g/mol. The van der Waals surface area contributed by atoms with Gasteiger partial charge in [0.1, 0.15) is 6.61 Å². The van der Waals surface area contributed by atoms with Crippen molar-refractivity contribution in [1.82, 2.24) is 4.57 Å². The topological polar surface area (TPSA) is 104 Å². The van der Waals surface area contributed by atoms with Gasteiger partial charge in [0.05, 0.1) is 26.8 Å². The van der Waals surface area contributed by atoms with E-state index in [1.165, 1.54) is 34.1 Å². The summed E-state index contributed by atoms with van der Waals surface area (Å²) >= 11 is 2.79. The molecule has 0 saturated carbocycles. The van der Waals surface area contributed by atoms with E-state index in [0.717, 1.165) is 10.5 Å². The molecule has 3 aromatic rings. The number of allylic oxidation sites excluding steroid dienone is 1. The van der Waals surface area contributed by atoms with Crippen molar-refractivity contribution in [1.29, 1.82) is 0 Å². The molecule has 0 saturated heterocycles. The van der Waals surface area contributed by atoms with E-state index in [1.54, 1.807) is 36.9 Å². The SMILES string of the molecule is C=CCOC(=O)C1=C(C)N=c2sc(=Cc3ccc([N+](=O)[O-])cc3)c(=O)n2C1c1ccc(SC)cc1. The monoisotopic (exact) mass is 507 g/mol. The highest BCUT2D eigenvalue weighted by atomic mass is 32.2. The number of thiazole rings is 1. The maximum absolute atomic E-state index is 13.6. The van der Waals surface area contributed by atoms with Crippen LogP contribution in [0.5, 0.6) is 0 Å². The van der Waals surface area contributed by atoms with Gasteiger partial charge in [-0.1, -0.05) is 36.1 Å². The Balaban J connectivity index is 1.88. The van der Waals surface area contributed by atoms with Gasteiger partial charge < -0.3 is 4.74 Å². The standard InChI is InChI=1S/C25H21N3O5S2/c1-4-13-33-24(30)21-15(2)26-25-27(22(21)17-7-11-19(34-3)12-8-17)23(29)20(35-25)14-16-5-9-18(10-6-16)28(31)32/h4-12,14,22H,1,13H2,2-3H3. The molecule has 1 unspecified atom stereocenters. The minimum Gasteiger partial charge on any atom is -0.458 e. The van der Waals surface area contributed by atoms with Crippen LogP contribution in [0.2, 0.25) is 0 Å². The number of aromatic nitrogens is 1. The summed E-state index contributed by atoms with van der Waals surface area (Å²) in [6.45, 7) is 5.35. The first-order valence-corrected chi connectivity index (χ1v) is 12.6. The number of nitro groups is 1. The van der Waals surface area contributed by atoms with Gasteiger partial charge in [0, 0.05) is 17.0 Å². The number of esters is 1. The lowest BCUT2D eigenvalue weighted by molar-refractivity contribution is -0.384. The zero-order chi connectivity index (χ0) is 25.1. The van der Waals surface area contributed by atoms with Gasteiger partial charge in [0.25, 0.3) is 11.2 Å². The maximum atomic E-state index is 13.6. The molecule has 1 aliphatic heterocycles. The summed E-state index contributed by atoms with van der Waals surface area (Å²) in [7, 11) is 0. The van der Waals surface area contributed by atoms with Crippen molar-refractivity contribution < 1.29 is 14.5 Å². The number of hydrogen-bond acceptors (Lipinski definition) is 8. The third kappa shape index (κ3) is 4.89. The zero-order valence-corrected chi connectivity index (χ0v) is 20.6. The largest absolute Gasteiger partial charge is 0.458 e. The second kappa shape index (κ2) is 10.2. The van der Waals surface area contributed by atoms with E-state index >= 15 is 0 Å². The fourth-order valence-electron chi connectivity index (χ4n) is 3.74. The molecule has 0 spiro atoms. The van der Waals surface area contributed by atoms with Crippen molar-refractivity contribution in [2.75, 3.05) is 12.9 Å². The van der Waals surface area contributed by atoms with Crippen LogP contribution >= 0.6 is 23.1 Å². The van der Waals surface area contributed by atoms with Crippen LogP contribution in [-0.2, 0) is 9.53 Å². The molecule has 35 heavy (non-hydrogen) atoms. The number of rotatable bonds is 7. The fourth-order valence-corrected chi connectivity index (χ4v) is 5.20. The first kappa shape index (κ1) is 24.4. The molecule has 4 rings (SSSR count). The minimum absolute atomic E-state index is 0.0318. The Kier molecular flexibility index (Phi) is 7.13. The summed E-state index contributed by atoms with van der Waals surface area (Å²) < 4.78 is 7.24. The summed E-state index contributed by atoms with van der Waals surface area (Å²) in [6, 6.07) is 12.9. The van der Waals surface area contributed by atoms with Gasteiger partial charge in [-0.25, -0.2) is 9.79 Å². The van der Waals surface area contributed by atoms with E-state index in [-0.39, 0.29) is 23.4 Å². The van der Waals surface area contributed by atoms with Crippen molar-refractivity contribution in [2.24, 2.45) is 4.99 Å². The molecule has 8 nitrogen and oxygen atoms in total. The predicted octanol–water partition coefficient (Wildman–Crippen LogP) is 3.59. The summed E-state index contributed by atoms with van der Waals surface area (Å²) in [6.07, 6.45) is 5.12. The Hall–Kier alpha value is -3.76. The number of fused-ring (bicyclic) bond motifs is 1. The second-order valence-electron chi connectivity index (χ2n) is 7.59. The van der Waals surface area contributed by atoms with Crippen LogP contribution in [-0.4, -0.2) is 28.3 Å². The Bertz CT molecular complexity index is 1520. The van der Waals surface area contributed by atoms with E-state index < -0.39 is 16.9 Å². The van der Waals surface area contributed by atoms with Gasteiger partial charge >= 0.3 is 5.97 Å². The molecule has 0 fully saturated rings. The van der Waals surface area contributed by atoms with Gasteiger partial charge in [-0.3, -0.25) is 19.5 Å². The maximum Gasteiger partial charge on any atom is 0.338 e. The number of carbonyl (C=O) groups is 1. The van der Waals surface area contributed by atoms with Crippen molar-refractivity contribution >= 4 is 40.8 Å². The highest BCUT2D eigenvalue weighted by molar-refractivity contribution is 7.98. The number of hydrogen-bond donors (Lipinski definition) is 0. The van der Waals surface area contributed by atoms with Crippen molar-refractivity contribution in [3.8, 4) is 0 Å². The Morgan fingerprint density at radius 1 is 1.26 bits per heavy atom. The zero-order valence-electron chi connectivity index (χ0n) is 19.0. The molecule has 0 aliphatic carbocycles. The van der Waals surface area contributed by atoms with Crippen LogP contribution < -0.4 is 14.9 Å². The third-order valence-corrected chi connectivity index (χ3v) is 7.13. The number of nitro benzene ring substituents is 1. The predicted molar refractivity (Wildman–Crippen MR) is 136 cm³/mol. The third-order valence-electron chi connectivity index (χ3n) is 5.41. The highest BCUT2D eigenvalue weighted by Crippen LogP contribution is 2.31. The lowest BCUT2D eigenvalue weighted by Crippen LogP contribution is -2.39. The van der Waals surface area contributed by atoms with E-state index in [1.807, 2.05) is 30.5 Å². The molecular formula is C25H21N3O5S2. The van der Waals surface area contributed by atoms with E-state index in [2.05, 4.69) is 11.6 Å². The van der Waals surface area contributed by atoms with Crippen LogP contribution in [0, 0.1) is 10.1 Å². The lowest BCUT2D eigenvalue weighted by atomic mass is 9.96. The number of nitrogens with zero attached hydrogens (tertiary/aromatic N) is 3. The molecule has 2 aromatic carbocycles. The molecule has 2 heterocycles. The Morgan fingerprint density at radius 2 is 1.94 bits per heavy atom. The summed E-state index contributed by atoms with van der Waals surface area (Å²) in [4.78, 5) is 43.1. The fraction of sp³-hybridized carbons (Fsp3) is 0.160. The van der Waals surface area contributed by atoms with Gasteiger partial charge in [0.2, 0.25) is 0 Å². The minimum atomic E-state index is -0.710. The molecule has 0 bridgehead atoms. The van der Waals surface area contributed by atoms with Crippen LogP contribution in [0.3, 0.4) is 0 Å². The van der Waals surface area contributed by atoms with Crippen LogP contribution in [0.1, 0.15) is 24.1 Å². The number of non-ortho nitro benzene ring substituents is 1. The Labute approximate surface area is 208 Å². The molecule has 0 amide bonds.